The van der Waals surface area contributed by atoms with E-state index in [0.29, 0.717) is 25.8 Å². The zero-order valence-corrected chi connectivity index (χ0v) is 14.9. The Morgan fingerprint density at radius 3 is 1.96 bits per heavy atom. The van der Waals surface area contributed by atoms with E-state index in [1.54, 1.807) is 47.8 Å². The van der Waals surface area contributed by atoms with Gasteiger partial charge in [-0.05, 0) is 60.8 Å². The van der Waals surface area contributed by atoms with Gasteiger partial charge in [-0.25, -0.2) is 9.59 Å². The SMILES string of the molecule is CC(C)(C)OC(=O)NCCCCC([C]=O)NC(=O)OC(C)(C)C. The predicted octanol–water partition coefficient (Wildman–Crippen LogP) is 2.68. The molecule has 0 aliphatic heterocycles. The monoisotopic (exact) mass is 329 g/mol. The van der Waals surface area contributed by atoms with E-state index in [1.165, 1.54) is 0 Å². The van der Waals surface area contributed by atoms with Crippen LogP contribution in [-0.2, 0) is 14.3 Å². The van der Waals surface area contributed by atoms with Crippen molar-refractivity contribution in [1.82, 2.24) is 10.6 Å². The molecule has 0 aromatic carbocycles. The zero-order valence-electron chi connectivity index (χ0n) is 14.9. The van der Waals surface area contributed by atoms with Crippen molar-refractivity contribution in [3.8, 4) is 0 Å². The van der Waals surface area contributed by atoms with Crippen LogP contribution in [0.5, 0.6) is 0 Å². The number of ether oxygens (including phenoxy) is 2. The van der Waals surface area contributed by atoms with Crippen molar-refractivity contribution in [2.75, 3.05) is 6.54 Å². The first-order chi connectivity index (χ1) is 10.4. The minimum Gasteiger partial charge on any atom is -0.444 e. The van der Waals surface area contributed by atoms with Gasteiger partial charge < -0.3 is 20.1 Å². The molecule has 0 aromatic rings. The second-order valence-corrected chi connectivity index (χ2v) is 7.24. The molecule has 0 spiro atoms. The summed E-state index contributed by atoms with van der Waals surface area (Å²) >= 11 is 0. The number of nitrogens with one attached hydrogen (secondary N) is 2. The fourth-order valence-corrected chi connectivity index (χ4v) is 1.59. The molecule has 1 radical (unpaired) electrons. The van der Waals surface area contributed by atoms with Crippen molar-refractivity contribution in [3.63, 3.8) is 0 Å². The van der Waals surface area contributed by atoms with Gasteiger partial charge in [0.05, 0.1) is 6.04 Å². The van der Waals surface area contributed by atoms with Crippen molar-refractivity contribution in [3.05, 3.63) is 0 Å². The summed E-state index contributed by atoms with van der Waals surface area (Å²) in [5.41, 5.74) is -1.14. The molecule has 1 atom stereocenters. The molecule has 0 saturated heterocycles. The van der Waals surface area contributed by atoms with E-state index in [4.69, 9.17) is 9.47 Å². The molecule has 133 valence electrons. The highest BCUT2D eigenvalue weighted by atomic mass is 16.6. The highest BCUT2D eigenvalue weighted by Gasteiger charge is 2.19. The lowest BCUT2D eigenvalue weighted by atomic mass is 10.1. The molecule has 1 unspecified atom stereocenters. The van der Waals surface area contributed by atoms with E-state index in [2.05, 4.69) is 10.6 Å². The van der Waals surface area contributed by atoms with E-state index in [9.17, 15) is 14.4 Å². The third-order valence-corrected chi connectivity index (χ3v) is 2.42. The normalized spacial score (nSPS) is 13.0. The molecule has 0 saturated carbocycles. The molecule has 23 heavy (non-hydrogen) atoms. The van der Waals surface area contributed by atoms with Crippen LogP contribution >= 0.6 is 0 Å². The van der Waals surface area contributed by atoms with E-state index < -0.39 is 29.4 Å². The topological polar surface area (TPSA) is 93.7 Å². The Labute approximate surface area is 138 Å². The smallest absolute Gasteiger partial charge is 0.408 e. The summed E-state index contributed by atoms with van der Waals surface area (Å²) in [7, 11) is 0. The highest BCUT2D eigenvalue weighted by Crippen LogP contribution is 2.08. The summed E-state index contributed by atoms with van der Waals surface area (Å²) in [5, 5.41) is 5.09. The van der Waals surface area contributed by atoms with Gasteiger partial charge in [0, 0.05) is 6.54 Å². The molecule has 7 heteroatoms. The van der Waals surface area contributed by atoms with Crippen LogP contribution in [0, 0.1) is 0 Å². The number of hydrogen-bond donors (Lipinski definition) is 2. The van der Waals surface area contributed by atoms with Gasteiger partial charge in [0.1, 0.15) is 11.2 Å². The number of alkyl carbamates (subject to hydrolysis) is 2. The van der Waals surface area contributed by atoms with Crippen LogP contribution in [0.15, 0.2) is 0 Å². The molecule has 0 aliphatic carbocycles. The lowest BCUT2D eigenvalue weighted by Gasteiger charge is -2.21. The first-order valence-corrected chi connectivity index (χ1v) is 7.77. The second-order valence-electron chi connectivity index (χ2n) is 7.24. The molecule has 0 aromatic heterocycles. The van der Waals surface area contributed by atoms with Gasteiger partial charge in [-0.2, -0.15) is 0 Å². The molecule has 0 rings (SSSR count). The average Bonchev–Trinajstić information content (AvgIpc) is 2.32. The summed E-state index contributed by atoms with van der Waals surface area (Å²) in [5.74, 6) is 0. The molecule has 0 bridgehead atoms. The number of amides is 2. The molecular formula is C16H29N2O5. The Hall–Kier alpha value is -1.79. The van der Waals surface area contributed by atoms with Gasteiger partial charge in [0.2, 0.25) is 6.29 Å². The van der Waals surface area contributed by atoms with Crippen LogP contribution in [0.2, 0.25) is 0 Å². The second kappa shape index (κ2) is 9.37. The fraction of sp³-hybridized carbons (Fsp3) is 0.812. The Morgan fingerprint density at radius 2 is 1.48 bits per heavy atom. The quantitative estimate of drug-likeness (QED) is 0.700. The predicted molar refractivity (Wildman–Crippen MR) is 86.9 cm³/mol. The Kier molecular flexibility index (Phi) is 8.64. The van der Waals surface area contributed by atoms with Crippen molar-refractivity contribution in [2.24, 2.45) is 0 Å². The Balaban J connectivity index is 3.90. The van der Waals surface area contributed by atoms with Gasteiger partial charge in [0.15, 0.2) is 0 Å². The maximum absolute atomic E-state index is 11.6. The number of rotatable bonds is 7. The van der Waals surface area contributed by atoms with Crippen LogP contribution in [-0.4, -0.2) is 42.3 Å². The summed E-state index contributed by atoms with van der Waals surface area (Å²) < 4.78 is 10.2. The van der Waals surface area contributed by atoms with Crippen molar-refractivity contribution >= 4 is 18.5 Å². The van der Waals surface area contributed by atoms with Crippen LogP contribution in [0.4, 0.5) is 9.59 Å². The van der Waals surface area contributed by atoms with Crippen LogP contribution in [0.1, 0.15) is 60.8 Å². The first-order valence-electron chi connectivity index (χ1n) is 7.77. The molecular weight excluding hydrogens is 300 g/mol. The Morgan fingerprint density at radius 1 is 0.957 bits per heavy atom. The van der Waals surface area contributed by atoms with E-state index >= 15 is 0 Å². The maximum Gasteiger partial charge on any atom is 0.408 e. The van der Waals surface area contributed by atoms with Crippen LogP contribution in [0.25, 0.3) is 0 Å². The van der Waals surface area contributed by atoms with Crippen molar-refractivity contribution < 1.29 is 23.9 Å². The largest absolute Gasteiger partial charge is 0.444 e. The van der Waals surface area contributed by atoms with E-state index in [0.717, 1.165) is 0 Å². The third kappa shape index (κ3) is 13.6. The average molecular weight is 329 g/mol. The molecule has 7 nitrogen and oxygen atoms in total. The van der Waals surface area contributed by atoms with Crippen LogP contribution < -0.4 is 10.6 Å². The summed E-state index contributed by atoms with van der Waals surface area (Å²) in [6.45, 7) is 11.0. The van der Waals surface area contributed by atoms with E-state index in [1.807, 2.05) is 0 Å². The standard InChI is InChI=1S/C16H29N2O5/c1-15(2,3)22-13(20)17-10-8-7-9-12(11-19)18-14(21)23-16(4,5)6/h12H,7-10H2,1-6H3,(H,17,20)(H,18,21). The highest BCUT2D eigenvalue weighted by molar-refractivity contribution is 5.73. The molecule has 0 fully saturated rings. The van der Waals surface area contributed by atoms with Crippen molar-refractivity contribution in [1.29, 1.82) is 0 Å². The van der Waals surface area contributed by atoms with Gasteiger partial charge in [0.25, 0.3) is 0 Å². The fourth-order valence-electron chi connectivity index (χ4n) is 1.59. The lowest BCUT2D eigenvalue weighted by Crippen LogP contribution is -2.40. The molecule has 0 heterocycles. The zero-order chi connectivity index (χ0) is 18.1. The summed E-state index contributed by atoms with van der Waals surface area (Å²) in [6, 6.07) is -0.716. The first kappa shape index (κ1) is 21.2. The van der Waals surface area contributed by atoms with Gasteiger partial charge in [-0.15, -0.1) is 0 Å². The van der Waals surface area contributed by atoms with Gasteiger partial charge in [-0.1, -0.05) is 0 Å². The molecule has 0 aliphatic rings. The molecule has 2 amide bonds. The van der Waals surface area contributed by atoms with Crippen molar-refractivity contribution in [2.45, 2.75) is 78.0 Å². The van der Waals surface area contributed by atoms with Crippen LogP contribution in [0.3, 0.4) is 0 Å². The molecule has 2 N–H and O–H groups in total. The number of carbonyl (C=O) groups excluding carboxylic acids is 3. The maximum atomic E-state index is 11.6. The Bertz CT molecular complexity index is 396. The van der Waals surface area contributed by atoms with E-state index in [-0.39, 0.29) is 0 Å². The number of hydrogen-bond acceptors (Lipinski definition) is 5. The minimum atomic E-state index is -0.716. The minimum absolute atomic E-state index is 0.429. The lowest BCUT2D eigenvalue weighted by molar-refractivity contribution is 0.0512. The number of carbonyl (C=O) groups is 2. The van der Waals surface area contributed by atoms with Gasteiger partial charge >= 0.3 is 12.2 Å². The summed E-state index contributed by atoms with van der Waals surface area (Å²) in [4.78, 5) is 33.8. The number of unbranched alkanes of at least 4 members (excludes halogenated alkanes) is 1. The summed E-state index contributed by atoms with van der Waals surface area (Å²) in [6.07, 6.45) is 2.40. The third-order valence-electron chi connectivity index (χ3n) is 2.42. The van der Waals surface area contributed by atoms with Gasteiger partial charge in [-0.3, -0.25) is 4.79 Å².